The van der Waals surface area contributed by atoms with Crippen molar-refractivity contribution in [3.05, 3.63) is 42.0 Å². The van der Waals surface area contributed by atoms with E-state index in [1.807, 2.05) is 30.8 Å². The van der Waals surface area contributed by atoms with Crippen LogP contribution in [0.1, 0.15) is 31.7 Å². The summed E-state index contributed by atoms with van der Waals surface area (Å²) in [6.07, 6.45) is 5.62. The number of thioether (sulfide) groups is 1. The van der Waals surface area contributed by atoms with Crippen molar-refractivity contribution in [3.8, 4) is 5.75 Å². The molecule has 2 nitrogen and oxygen atoms in total. The number of hydrogen-bond donors (Lipinski definition) is 0. The van der Waals surface area contributed by atoms with Crippen LogP contribution < -0.4 is 4.74 Å². The summed E-state index contributed by atoms with van der Waals surface area (Å²) < 4.78 is 5.46. The van der Waals surface area contributed by atoms with Crippen molar-refractivity contribution in [1.29, 1.82) is 0 Å². The lowest BCUT2D eigenvalue weighted by molar-refractivity contribution is 0.340. The van der Waals surface area contributed by atoms with E-state index in [2.05, 4.69) is 36.2 Å². The number of rotatable bonds is 5. The van der Waals surface area contributed by atoms with Crippen LogP contribution in [0.2, 0.25) is 0 Å². The fraction of sp³-hybridized carbons (Fsp3) is 0.438. The minimum atomic E-state index is 0.404. The maximum absolute atomic E-state index is 5.46. The number of benzene rings is 1. The van der Waals surface area contributed by atoms with Gasteiger partial charge >= 0.3 is 0 Å². The molecule has 19 heavy (non-hydrogen) atoms. The zero-order chi connectivity index (χ0) is 13.5. The molecule has 0 bridgehead atoms. The average Bonchev–Trinajstić information content (AvgIpc) is 2.47. The normalized spacial score (nSPS) is 18.2. The molecule has 1 atom stereocenters. The van der Waals surface area contributed by atoms with Gasteiger partial charge in [0.15, 0.2) is 0 Å². The number of aliphatic imine (C=N–C) groups is 1. The van der Waals surface area contributed by atoms with Crippen LogP contribution in [-0.4, -0.2) is 23.9 Å². The predicted molar refractivity (Wildman–Crippen MR) is 84.5 cm³/mol. The van der Waals surface area contributed by atoms with Gasteiger partial charge in [-0.2, -0.15) is 0 Å². The van der Waals surface area contributed by atoms with Gasteiger partial charge in [0.25, 0.3) is 0 Å². The van der Waals surface area contributed by atoms with Gasteiger partial charge in [0.2, 0.25) is 0 Å². The van der Waals surface area contributed by atoms with E-state index < -0.39 is 0 Å². The summed E-state index contributed by atoms with van der Waals surface area (Å²) in [7, 11) is 0. The second-order valence-corrected chi connectivity index (χ2v) is 5.61. The Morgan fingerprint density at radius 1 is 1.26 bits per heavy atom. The Kier molecular flexibility index (Phi) is 5.52. The van der Waals surface area contributed by atoms with Gasteiger partial charge in [-0.25, -0.2) is 0 Å². The Morgan fingerprint density at radius 3 is 2.63 bits per heavy atom. The molecule has 0 aromatic heterocycles. The Bertz CT molecular complexity index is 450. The van der Waals surface area contributed by atoms with E-state index in [9.17, 15) is 0 Å². The van der Waals surface area contributed by atoms with Gasteiger partial charge < -0.3 is 4.74 Å². The first-order chi connectivity index (χ1) is 9.33. The smallest absolute Gasteiger partial charge is 0.119 e. The molecule has 1 aromatic rings. The second-order valence-electron chi connectivity index (χ2n) is 4.50. The molecule has 0 saturated heterocycles. The molecular weight excluding hydrogens is 254 g/mol. The van der Waals surface area contributed by atoms with E-state index in [1.54, 1.807) is 0 Å². The molecule has 102 valence electrons. The quantitative estimate of drug-likeness (QED) is 0.800. The van der Waals surface area contributed by atoms with Crippen molar-refractivity contribution in [2.24, 2.45) is 4.99 Å². The van der Waals surface area contributed by atoms with Crippen molar-refractivity contribution in [2.75, 3.05) is 18.9 Å². The summed E-state index contributed by atoms with van der Waals surface area (Å²) in [5.41, 5.74) is 1.31. The molecule has 0 amide bonds. The zero-order valence-corrected chi connectivity index (χ0v) is 12.5. The molecule has 0 saturated carbocycles. The molecule has 0 aliphatic carbocycles. The maximum atomic E-state index is 5.46. The Hall–Kier alpha value is -1.22. The van der Waals surface area contributed by atoms with Gasteiger partial charge in [0.1, 0.15) is 5.75 Å². The molecular formula is C16H21NOS. The molecule has 0 N–H and O–H groups in total. The van der Waals surface area contributed by atoms with Crippen molar-refractivity contribution < 1.29 is 4.74 Å². The summed E-state index contributed by atoms with van der Waals surface area (Å²) in [6, 6.07) is 8.36. The molecule has 3 heteroatoms. The van der Waals surface area contributed by atoms with Crippen molar-refractivity contribution in [1.82, 2.24) is 0 Å². The first-order valence-corrected chi connectivity index (χ1v) is 7.90. The third-order valence-electron chi connectivity index (χ3n) is 2.99. The highest BCUT2D eigenvalue weighted by atomic mass is 32.2. The maximum Gasteiger partial charge on any atom is 0.119 e. The minimum Gasteiger partial charge on any atom is -0.494 e. The second kappa shape index (κ2) is 7.39. The van der Waals surface area contributed by atoms with Crippen LogP contribution in [0, 0.1) is 0 Å². The summed E-state index contributed by atoms with van der Waals surface area (Å²) in [5.74, 6) is 2.49. The highest BCUT2D eigenvalue weighted by molar-refractivity contribution is 8.14. The molecule has 0 spiro atoms. The SMILES string of the molecule is CCCSC1=NCC(c2ccc(OCC)cc2)C=C1. The minimum absolute atomic E-state index is 0.404. The zero-order valence-electron chi connectivity index (χ0n) is 11.6. The average molecular weight is 275 g/mol. The molecule has 2 rings (SSSR count). The third kappa shape index (κ3) is 4.13. The first kappa shape index (κ1) is 14.2. The van der Waals surface area contributed by atoms with Crippen LogP contribution in [0.5, 0.6) is 5.75 Å². The van der Waals surface area contributed by atoms with E-state index in [1.165, 1.54) is 17.0 Å². The lowest BCUT2D eigenvalue weighted by Gasteiger charge is -2.16. The van der Waals surface area contributed by atoms with Gasteiger partial charge in [0.05, 0.1) is 18.2 Å². The first-order valence-electron chi connectivity index (χ1n) is 6.91. The van der Waals surface area contributed by atoms with Crippen LogP contribution in [-0.2, 0) is 0 Å². The highest BCUT2D eigenvalue weighted by Gasteiger charge is 2.12. The van der Waals surface area contributed by atoms with Crippen molar-refractivity contribution >= 4 is 16.8 Å². The van der Waals surface area contributed by atoms with Crippen LogP contribution >= 0.6 is 11.8 Å². The Labute approximate surface area is 120 Å². The van der Waals surface area contributed by atoms with Crippen LogP contribution in [0.3, 0.4) is 0 Å². The lowest BCUT2D eigenvalue weighted by atomic mass is 9.97. The summed E-state index contributed by atoms with van der Waals surface area (Å²) >= 11 is 1.85. The Morgan fingerprint density at radius 2 is 2.05 bits per heavy atom. The molecule has 0 radical (unpaired) electrons. The summed E-state index contributed by atoms with van der Waals surface area (Å²) in [6.45, 7) is 5.77. The van der Waals surface area contributed by atoms with Crippen molar-refractivity contribution in [2.45, 2.75) is 26.2 Å². The standard InChI is InChI=1S/C16H21NOS/c1-3-11-19-16-10-7-14(12-17-16)13-5-8-15(9-6-13)18-4-2/h5-10,14H,3-4,11-12H2,1-2H3. The van der Waals surface area contributed by atoms with Crippen LogP contribution in [0.25, 0.3) is 0 Å². The van der Waals surface area contributed by atoms with Crippen LogP contribution in [0.15, 0.2) is 41.4 Å². The van der Waals surface area contributed by atoms with Gasteiger partial charge in [-0.05, 0) is 42.9 Å². The van der Waals surface area contributed by atoms with Crippen LogP contribution in [0.4, 0.5) is 0 Å². The summed E-state index contributed by atoms with van der Waals surface area (Å²) in [4.78, 5) is 4.65. The molecule has 1 aliphatic heterocycles. The monoisotopic (exact) mass is 275 g/mol. The number of hydrogen-bond acceptors (Lipinski definition) is 3. The molecule has 1 aliphatic rings. The summed E-state index contributed by atoms with van der Waals surface area (Å²) in [5, 5.41) is 1.17. The van der Waals surface area contributed by atoms with Gasteiger partial charge in [-0.3, -0.25) is 4.99 Å². The molecule has 0 fully saturated rings. The third-order valence-corrected chi connectivity index (χ3v) is 4.16. The number of nitrogens with zero attached hydrogens (tertiary/aromatic N) is 1. The fourth-order valence-corrected chi connectivity index (χ4v) is 2.75. The number of ether oxygens (including phenoxy) is 1. The molecule has 1 heterocycles. The van der Waals surface area contributed by atoms with Crippen molar-refractivity contribution in [3.63, 3.8) is 0 Å². The van der Waals surface area contributed by atoms with Gasteiger partial charge in [0, 0.05) is 5.92 Å². The van der Waals surface area contributed by atoms with E-state index in [0.29, 0.717) is 12.5 Å². The number of dihydropyridines is 1. The largest absolute Gasteiger partial charge is 0.494 e. The van der Waals surface area contributed by atoms with E-state index in [4.69, 9.17) is 4.74 Å². The predicted octanol–water partition coefficient (Wildman–Crippen LogP) is 4.28. The van der Waals surface area contributed by atoms with E-state index in [0.717, 1.165) is 18.0 Å². The van der Waals surface area contributed by atoms with E-state index >= 15 is 0 Å². The topological polar surface area (TPSA) is 21.6 Å². The lowest BCUT2D eigenvalue weighted by Crippen LogP contribution is -2.07. The molecule has 1 unspecified atom stereocenters. The Balaban J connectivity index is 1.94. The molecule has 1 aromatic carbocycles. The van der Waals surface area contributed by atoms with Gasteiger partial charge in [-0.15, -0.1) is 11.8 Å². The van der Waals surface area contributed by atoms with Gasteiger partial charge in [-0.1, -0.05) is 25.1 Å². The highest BCUT2D eigenvalue weighted by Crippen LogP contribution is 2.25. The fourth-order valence-electron chi connectivity index (χ4n) is 2.00. The van der Waals surface area contributed by atoms with E-state index in [-0.39, 0.29) is 0 Å².